The quantitative estimate of drug-likeness (QED) is 0.776. The molecule has 1 rings (SSSR count). The van der Waals surface area contributed by atoms with Gasteiger partial charge in [0, 0.05) is 6.04 Å². The number of carbonyl (C=O) groups excluding carboxylic acids is 1. The molecule has 0 aliphatic heterocycles. The fourth-order valence-electron chi connectivity index (χ4n) is 2.46. The highest BCUT2D eigenvalue weighted by atomic mass is 16.2. The molecule has 3 N–H and O–H groups in total. The Kier molecular flexibility index (Phi) is 7.25. The van der Waals surface area contributed by atoms with Gasteiger partial charge in [-0.25, -0.2) is 0 Å². The van der Waals surface area contributed by atoms with Crippen molar-refractivity contribution in [3.63, 3.8) is 0 Å². The minimum atomic E-state index is -0.305. The summed E-state index contributed by atoms with van der Waals surface area (Å²) in [4.78, 5) is 11.9. The first-order valence-electron chi connectivity index (χ1n) is 7.30. The molecule has 1 amide bonds. The average molecular weight is 240 g/mol. The summed E-state index contributed by atoms with van der Waals surface area (Å²) in [6.45, 7) is 2.12. The normalized spacial score (nSPS) is 20.4. The number of rotatable bonds is 5. The van der Waals surface area contributed by atoms with Crippen molar-refractivity contribution in [3.05, 3.63) is 0 Å². The Balaban J connectivity index is 2.27. The van der Waals surface area contributed by atoms with E-state index in [1.807, 2.05) is 0 Å². The van der Waals surface area contributed by atoms with Crippen LogP contribution in [0.5, 0.6) is 0 Å². The molecular formula is C14H28N2O. The lowest BCUT2D eigenvalue weighted by atomic mass is 9.96. The Bertz CT molecular complexity index is 210. The second kappa shape index (κ2) is 8.51. The maximum Gasteiger partial charge on any atom is 0.237 e. The van der Waals surface area contributed by atoms with E-state index in [1.54, 1.807) is 0 Å². The molecule has 1 aliphatic rings. The van der Waals surface area contributed by atoms with E-state index in [9.17, 15) is 4.79 Å². The van der Waals surface area contributed by atoms with Gasteiger partial charge >= 0.3 is 0 Å². The minimum Gasteiger partial charge on any atom is -0.352 e. The molecule has 1 atom stereocenters. The Morgan fingerprint density at radius 2 is 1.82 bits per heavy atom. The number of hydrogen-bond donors (Lipinski definition) is 2. The fraction of sp³-hybridized carbons (Fsp3) is 0.929. The lowest BCUT2D eigenvalue weighted by molar-refractivity contribution is -0.123. The Morgan fingerprint density at radius 1 is 1.24 bits per heavy atom. The summed E-state index contributed by atoms with van der Waals surface area (Å²) in [7, 11) is 0. The highest BCUT2D eigenvalue weighted by Crippen LogP contribution is 2.17. The van der Waals surface area contributed by atoms with E-state index in [0.29, 0.717) is 6.04 Å². The van der Waals surface area contributed by atoms with Crippen LogP contribution in [-0.2, 0) is 4.79 Å². The number of nitrogens with one attached hydrogen (secondary N) is 1. The van der Waals surface area contributed by atoms with Crippen LogP contribution in [0.2, 0.25) is 0 Å². The average Bonchev–Trinajstić information content (AvgIpc) is 2.29. The van der Waals surface area contributed by atoms with Crippen LogP contribution in [0.15, 0.2) is 0 Å². The Hall–Kier alpha value is -0.570. The van der Waals surface area contributed by atoms with Gasteiger partial charge in [-0.1, -0.05) is 51.9 Å². The van der Waals surface area contributed by atoms with Crippen molar-refractivity contribution in [1.82, 2.24) is 5.32 Å². The van der Waals surface area contributed by atoms with Crippen molar-refractivity contribution in [2.24, 2.45) is 5.73 Å². The molecule has 0 unspecified atom stereocenters. The monoisotopic (exact) mass is 240 g/mol. The standard InChI is InChI=1S/C14H28N2O/c1-2-3-11-13(15)14(17)16-12-9-7-5-4-6-8-10-12/h12-13H,2-11,15H2,1H3,(H,16,17)/t13-/m0/s1. The number of amides is 1. The molecule has 0 spiro atoms. The third-order valence-corrected chi connectivity index (χ3v) is 3.66. The topological polar surface area (TPSA) is 55.1 Å². The Morgan fingerprint density at radius 3 is 2.41 bits per heavy atom. The van der Waals surface area contributed by atoms with E-state index in [-0.39, 0.29) is 11.9 Å². The van der Waals surface area contributed by atoms with E-state index < -0.39 is 0 Å². The van der Waals surface area contributed by atoms with Gasteiger partial charge in [0.1, 0.15) is 0 Å². The molecule has 1 saturated carbocycles. The number of hydrogen-bond acceptors (Lipinski definition) is 2. The highest BCUT2D eigenvalue weighted by molar-refractivity contribution is 5.81. The fourth-order valence-corrected chi connectivity index (χ4v) is 2.46. The highest BCUT2D eigenvalue weighted by Gasteiger charge is 2.18. The van der Waals surface area contributed by atoms with Gasteiger partial charge in [-0.2, -0.15) is 0 Å². The SMILES string of the molecule is CCCC[C@H](N)C(=O)NC1CCCCCCC1. The molecule has 0 heterocycles. The molecule has 17 heavy (non-hydrogen) atoms. The molecule has 0 aromatic carbocycles. The first-order chi connectivity index (χ1) is 8.24. The zero-order chi connectivity index (χ0) is 12.5. The summed E-state index contributed by atoms with van der Waals surface area (Å²) in [5, 5.41) is 3.13. The predicted molar refractivity (Wildman–Crippen MR) is 71.8 cm³/mol. The van der Waals surface area contributed by atoms with Crippen molar-refractivity contribution in [3.8, 4) is 0 Å². The van der Waals surface area contributed by atoms with Crippen LogP contribution >= 0.6 is 0 Å². The molecule has 1 aliphatic carbocycles. The molecule has 3 nitrogen and oxygen atoms in total. The van der Waals surface area contributed by atoms with Crippen molar-refractivity contribution < 1.29 is 4.79 Å². The summed E-state index contributed by atoms with van der Waals surface area (Å²) in [5.74, 6) is 0.0593. The molecule has 0 bridgehead atoms. The molecule has 100 valence electrons. The predicted octanol–water partition coefficient (Wildman–Crippen LogP) is 2.73. The second-order valence-electron chi connectivity index (χ2n) is 5.30. The van der Waals surface area contributed by atoms with Crippen LogP contribution < -0.4 is 11.1 Å². The Labute approximate surface area is 106 Å². The molecule has 1 fully saturated rings. The molecular weight excluding hydrogens is 212 g/mol. The van der Waals surface area contributed by atoms with Crippen molar-refractivity contribution >= 4 is 5.91 Å². The summed E-state index contributed by atoms with van der Waals surface area (Å²) in [6, 6.07) is 0.0656. The zero-order valence-corrected chi connectivity index (χ0v) is 11.2. The third-order valence-electron chi connectivity index (χ3n) is 3.66. The van der Waals surface area contributed by atoms with E-state index in [1.165, 1.54) is 32.1 Å². The largest absolute Gasteiger partial charge is 0.352 e. The van der Waals surface area contributed by atoms with E-state index in [2.05, 4.69) is 12.2 Å². The van der Waals surface area contributed by atoms with Gasteiger partial charge in [0.15, 0.2) is 0 Å². The summed E-state index contributed by atoms with van der Waals surface area (Å²) >= 11 is 0. The van der Waals surface area contributed by atoms with Crippen LogP contribution in [0, 0.1) is 0 Å². The summed E-state index contributed by atoms with van der Waals surface area (Å²) in [5.41, 5.74) is 5.88. The van der Waals surface area contributed by atoms with Gasteiger partial charge < -0.3 is 11.1 Å². The van der Waals surface area contributed by atoms with Crippen molar-refractivity contribution in [2.45, 2.75) is 83.2 Å². The molecule has 0 aromatic rings. The number of unbranched alkanes of at least 4 members (excludes halogenated alkanes) is 1. The van der Waals surface area contributed by atoms with Crippen molar-refractivity contribution in [2.75, 3.05) is 0 Å². The summed E-state index contributed by atoms with van der Waals surface area (Å²) < 4.78 is 0. The number of nitrogens with two attached hydrogens (primary N) is 1. The first kappa shape index (κ1) is 14.5. The van der Waals surface area contributed by atoms with Gasteiger partial charge in [-0.15, -0.1) is 0 Å². The first-order valence-corrected chi connectivity index (χ1v) is 7.30. The van der Waals surface area contributed by atoms with Crippen LogP contribution in [0.4, 0.5) is 0 Å². The maximum absolute atomic E-state index is 11.9. The lowest BCUT2D eigenvalue weighted by Gasteiger charge is -2.22. The van der Waals surface area contributed by atoms with Gasteiger partial charge in [0.05, 0.1) is 6.04 Å². The van der Waals surface area contributed by atoms with Crippen LogP contribution in [0.1, 0.15) is 71.1 Å². The van der Waals surface area contributed by atoms with Gasteiger partial charge in [-0.05, 0) is 19.3 Å². The van der Waals surface area contributed by atoms with Gasteiger partial charge in [-0.3, -0.25) is 4.79 Å². The zero-order valence-electron chi connectivity index (χ0n) is 11.2. The minimum absolute atomic E-state index is 0.0593. The van der Waals surface area contributed by atoms with Crippen molar-refractivity contribution in [1.29, 1.82) is 0 Å². The van der Waals surface area contributed by atoms with E-state index >= 15 is 0 Å². The molecule has 0 saturated heterocycles. The summed E-state index contributed by atoms with van der Waals surface area (Å²) in [6.07, 6.45) is 11.7. The van der Waals surface area contributed by atoms with Gasteiger partial charge in [0.25, 0.3) is 0 Å². The lowest BCUT2D eigenvalue weighted by Crippen LogP contribution is -2.45. The molecule has 3 heteroatoms. The van der Waals surface area contributed by atoms with E-state index in [0.717, 1.165) is 32.1 Å². The van der Waals surface area contributed by atoms with E-state index in [4.69, 9.17) is 5.73 Å². The molecule has 0 aromatic heterocycles. The van der Waals surface area contributed by atoms with Gasteiger partial charge in [0.2, 0.25) is 5.91 Å². The maximum atomic E-state index is 11.9. The number of carbonyl (C=O) groups is 1. The van der Waals surface area contributed by atoms with Crippen LogP contribution in [0.25, 0.3) is 0 Å². The second-order valence-corrected chi connectivity index (χ2v) is 5.30. The van der Waals surface area contributed by atoms with Crippen LogP contribution in [0.3, 0.4) is 0 Å². The molecule has 0 radical (unpaired) electrons. The smallest absolute Gasteiger partial charge is 0.237 e. The third kappa shape index (κ3) is 6.06. The van der Waals surface area contributed by atoms with Crippen LogP contribution in [-0.4, -0.2) is 18.0 Å².